The Morgan fingerprint density at radius 2 is 1.31 bits per heavy atom. The molecule has 2 unspecified atom stereocenters. The maximum Gasteiger partial charge on any atom is 0.330 e. The zero-order valence-corrected chi connectivity index (χ0v) is 27.5. The van der Waals surface area contributed by atoms with Crippen LogP contribution in [-0.2, 0) is 9.53 Å². The van der Waals surface area contributed by atoms with Gasteiger partial charge >= 0.3 is 5.97 Å². The number of benzene rings is 4. The van der Waals surface area contributed by atoms with Crippen LogP contribution in [0.2, 0.25) is 0 Å². The van der Waals surface area contributed by atoms with Crippen LogP contribution in [0.25, 0.3) is 10.8 Å². The van der Waals surface area contributed by atoms with Crippen molar-refractivity contribution in [3.63, 3.8) is 0 Å². The standard InChI is InChI=1S/C40H49N3O2/c1-6-39(44)45-38-18-14-13-17-37(38)41-36-28-27-35(33-15-11-12-16-34(33)36)40(29-19-23-31(24-20-29)42(7-2)8-3)30-21-25-32(26-22-30)43(9-4)10-5/h6,11-12,15-16,19-28,37-38,40-41H,1,7-10,13-14,17-18H2,2-5H3. The number of fused-ring (bicyclic) bond motifs is 1. The van der Waals surface area contributed by atoms with Crippen LogP contribution in [0.15, 0.2) is 97.6 Å². The first-order chi connectivity index (χ1) is 22.0. The Labute approximate surface area is 269 Å². The van der Waals surface area contributed by atoms with Gasteiger partial charge in [0.05, 0.1) is 6.04 Å². The van der Waals surface area contributed by atoms with Crippen molar-refractivity contribution in [1.82, 2.24) is 0 Å². The molecule has 5 rings (SSSR count). The van der Waals surface area contributed by atoms with Gasteiger partial charge in [-0.2, -0.15) is 0 Å². The minimum absolute atomic E-state index is 0.0629. The predicted molar refractivity (Wildman–Crippen MR) is 191 cm³/mol. The van der Waals surface area contributed by atoms with Gasteiger partial charge in [-0.25, -0.2) is 4.79 Å². The Balaban J connectivity index is 1.57. The van der Waals surface area contributed by atoms with Crippen molar-refractivity contribution in [2.75, 3.05) is 41.3 Å². The highest BCUT2D eigenvalue weighted by atomic mass is 16.5. The molecule has 0 radical (unpaired) electrons. The Hall–Kier alpha value is -4.25. The Morgan fingerprint density at radius 3 is 1.84 bits per heavy atom. The number of carbonyl (C=O) groups is 1. The fraction of sp³-hybridized carbons (Fsp3) is 0.375. The van der Waals surface area contributed by atoms with E-state index < -0.39 is 0 Å². The van der Waals surface area contributed by atoms with Crippen LogP contribution < -0.4 is 15.1 Å². The summed E-state index contributed by atoms with van der Waals surface area (Å²) >= 11 is 0. The van der Waals surface area contributed by atoms with Crippen molar-refractivity contribution in [2.45, 2.75) is 71.4 Å². The second kappa shape index (κ2) is 15.2. The number of carbonyl (C=O) groups excluding carboxylic acids is 1. The summed E-state index contributed by atoms with van der Waals surface area (Å²) in [7, 11) is 0. The molecule has 1 aliphatic rings. The van der Waals surface area contributed by atoms with Crippen molar-refractivity contribution >= 4 is 33.8 Å². The zero-order valence-electron chi connectivity index (χ0n) is 27.5. The van der Waals surface area contributed by atoms with E-state index in [1.807, 2.05) is 0 Å². The molecule has 5 nitrogen and oxygen atoms in total. The van der Waals surface area contributed by atoms with E-state index in [0.29, 0.717) is 0 Å². The average Bonchev–Trinajstić information content (AvgIpc) is 3.09. The van der Waals surface area contributed by atoms with E-state index >= 15 is 0 Å². The summed E-state index contributed by atoms with van der Waals surface area (Å²) in [5.41, 5.74) is 7.41. The van der Waals surface area contributed by atoms with Crippen molar-refractivity contribution < 1.29 is 9.53 Å². The van der Waals surface area contributed by atoms with Crippen LogP contribution in [0.4, 0.5) is 17.1 Å². The van der Waals surface area contributed by atoms with Crippen LogP contribution in [-0.4, -0.2) is 44.3 Å². The molecule has 0 heterocycles. The zero-order chi connectivity index (χ0) is 31.8. The van der Waals surface area contributed by atoms with Crippen molar-refractivity contribution in [1.29, 1.82) is 0 Å². The van der Waals surface area contributed by atoms with Gasteiger partial charge in [0.2, 0.25) is 0 Å². The quantitative estimate of drug-likeness (QED) is 0.0938. The molecule has 4 aromatic carbocycles. The number of hydrogen-bond acceptors (Lipinski definition) is 5. The largest absolute Gasteiger partial charge is 0.457 e. The molecular weight excluding hydrogens is 554 g/mol. The van der Waals surface area contributed by atoms with Gasteiger partial charge in [0.1, 0.15) is 6.10 Å². The van der Waals surface area contributed by atoms with Crippen LogP contribution in [0, 0.1) is 0 Å². The van der Waals surface area contributed by atoms with Crippen LogP contribution >= 0.6 is 0 Å². The summed E-state index contributed by atoms with van der Waals surface area (Å²) in [6, 6.07) is 31.6. The highest BCUT2D eigenvalue weighted by Crippen LogP contribution is 2.40. The SMILES string of the molecule is C=CC(=O)OC1CCCCC1Nc1ccc(C(c2ccc(N(CC)CC)cc2)c2ccc(N(CC)CC)cc2)c2ccccc12. The Bertz CT molecular complexity index is 1500. The van der Waals surface area contributed by atoms with E-state index in [2.05, 4.69) is 134 Å². The van der Waals surface area contributed by atoms with Gasteiger partial charge in [0.25, 0.3) is 0 Å². The van der Waals surface area contributed by atoms with E-state index in [0.717, 1.165) is 57.5 Å². The lowest BCUT2D eigenvalue weighted by atomic mass is 9.82. The number of rotatable bonds is 13. The maximum absolute atomic E-state index is 12.1. The minimum atomic E-state index is -0.351. The third kappa shape index (κ3) is 7.19. The Kier molecular flexibility index (Phi) is 10.8. The fourth-order valence-corrected chi connectivity index (χ4v) is 6.98. The molecule has 0 bridgehead atoms. The third-order valence-electron chi connectivity index (χ3n) is 9.46. The van der Waals surface area contributed by atoms with Crippen molar-refractivity contribution in [3.05, 3.63) is 114 Å². The highest BCUT2D eigenvalue weighted by molar-refractivity contribution is 5.97. The molecule has 0 spiro atoms. The molecule has 1 aliphatic carbocycles. The van der Waals surface area contributed by atoms with E-state index in [1.165, 1.54) is 44.9 Å². The summed E-state index contributed by atoms with van der Waals surface area (Å²) < 4.78 is 5.77. The molecule has 1 saturated carbocycles. The molecule has 236 valence electrons. The normalized spacial score (nSPS) is 16.4. The predicted octanol–water partition coefficient (Wildman–Crippen LogP) is 9.16. The van der Waals surface area contributed by atoms with E-state index in [4.69, 9.17) is 4.74 Å². The first-order valence-electron chi connectivity index (χ1n) is 16.8. The highest BCUT2D eigenvalue weighted by Gasteiger charge is 2.29. The molecule has 0 aliphatic heterocycles. The fourth-order valence-electron chi connectivity index (χ4n) is 6.98. The second-order valence-corrected chi connectivity index (χ2v) is 11.9. The average molecular weight is 604 g/mol. The number of esters is 1. The summed E-state index contributed by atoms with van der Waals surface area (Å²) in [6.07, 6.45) is 5.11. The molecule has 0 amide bonds. The Morgan fingerprint density at radius 1 is 0.778 bits per heavy atom. The second-order valence-electron chi connectivity index (χ2n) is 11.9. The smallest absolute Gasteiger partial charge is 0.330 e. The number of hydrogen-bond donors (Lipinski definition) is 1. The molecule has 2 atom stereocenters. The van der Waals surface area contributed by atoms with E-state index in [1.54, 1.807) is 0 Å². The third-order valence-corrected chi connectivity index (χ3v) is 9.46. The van der Waals surface area contributed by atoms with Crippen LogP contribution in [0.3, 0.4) is 0 Å². The maximum atomic E-state index is 12.1. The summed E-state index contributed by atoms with van der Waals surface area (Å²) in [4.78, 5) is 16.9. The number of nitrogens with zero attached hydrogens (tertiary/aromatic N) is 2. The number of nitrogens with one attached hydrogen (secondary N) is 1. The van der Waals surface area contributed by atoms with Gasteiger partial charge in [-0.3, -0.25) is 0 Å². The van der Waals surface area contributed by atoms with Gasteiger partial charge in [-0.15, -0.1) is 0 Å². The van der Waals surface area contributed by atoms with Crippen molar-refractivity contribution in [2.24, 2.45) is 0 Å². The van der Waals surface area contributed by atoms with Crippen molar-refractivity contribution in [3.8, 4) is 0 Å². The molecular formula is C40H49N3O2. The summed E-state index contributed by atoms with van der Waals surface area (Å²) in [5.74, 6) is -0.285. The van der Waals surface area contributed by atoms with Gasteiger partial charge in [0.15, 0.2) is 0 Å². The number of anilines is 3. The topological polar surface area (TPSA) is 44.8 Å². The molecule has 45 heavy (non-hydrogen) atoms. The van der Waals surface area contributed by atoms with Gasteiger partial charge in [-0.05, 0) is 99.4 Å². The first-order valence-corrected chi connectivity index (χ1v) is 16.8. The van der Waals surface area contributed by atoms with Gasteiger partial charge in [0, 0.05) is 60.6 Å². The monoisotopic (exact) mass is 603 g/mol. The van der Waals surface area contributed by atoms with E-state index in [9.17, 15) is 4.79 Å². The van der Waals surface area contributed by atoms with E-state index in [-0.39, 0.29) is 24.0 Å². The molecule has 1 fully saturated rings. The number of ether oxygens (including phenoxy) is 1. The first kappa shape index (κ1) is 32.2. The lowest BCUT2D eigenvalue weighted by Crippen LogP contribution is -2.39. The van der Waals surface area contributed by atoms with Crippen LogP contribution in [0.5, 0.6) is 0 Å². The lowest BCUT2D eigenvalue weighted by Gasteiger charge is -2.33. The minimum Gasteiger partial charge on any atom is -0.457 e. The van der Waals surface area contributed by atoms with Crippen LogP contribution in [0.1, 0.15) is 76.0 Å². The summed E-state index contributed by atoms with van der Waals surface area (Å²) in [5, 5.41) is 6.20. The molecule has 0 saturated heterocycles. The molecule has 1 N–H and O–H groups in total. The molecule has 4 aromatic rings. The molecule has 0 aromatic heterocycles. The van der Waals surface area contributed by atoms with Gasteiger partial charge < -0.3 is 19.9 Å². The summed E-state index contributed by atoms with van der Waals surface area (Å²) in [6.45, 7) is 16.4. The van der Waals surface area contributed by atoms with Gasteiger partial charge in [-0.1, -0.05) is 67.6 Å². The lowest BCUT2D eigenvalue weighted by molar-refractivity contribution is -0.144. The molecule has 5 heteroatoms.